The monoisotopic (exact) mass is 427 g/mol. The van der Waals surface area contributed by atoms with Crippen LogP contribution < -0.4 is 20.9 Å². The molecule has 0 spiro atoms. The lowest BCUT2D eigenvalue weighted by molar-refractivity contribution is 0.0944. The summed E-state index contributed by atoms with van der Waals surface area (Å²) >= 11 is 7.22. The van der Waals surface area contributed by atoms with E-state index in [9.17, 15) is 4.79 Å². The van der Waals surface area contributed by atoms with Gasteiger partial charge in [-0.25, -0.2) is 0 Å². The van der Waals surface area contributed by atoms with Gasteiger partial charge in [0.05, 0.1) is 10.7 Å². The molecule has 7 heteroatoms. The summed E-state index contributed by atoms with van der Waals surface area (Å²) in [6, 6.07) is 14.6. The molecule has 0 unspecified atom stereocenters. The highest BCUT2D eigenvalue weighted by Crippen LogP contribution is 2.21. The minimum absolute atomic E-state index is 0.280. The van der Waals surface area contributed by atoms with E-state index < -0.39 is 0 Å². The highest BCUT2D eigenvalue weighted by atomic mass is 127. The van der Waals surface area contributed by atoms with Crippen molar-refractivity contribution < 1.29 is 9.53 Å². The van der Waals surface area contributed by atoms with Crippen molar-refractivity contribution in [3.05, 3.63) is 57.7 Å². The van der Waals surface area contributed by atoms with Crippen LogP contribution in [0.15, 0.2) is 48.5 Å². The van der Waals surface area contributed by atoms with E-state index in [2.05, 4.69) is 38.8 Å². The molecule has 0 fully saturated rings. The van der Waals surface area contributed by atoms with E-state index in [1.165, 1.54) is 0 Å². The smallest absolute Gasteiger partial charge is 0.269 e. The number of hydrogen-bond donors (Lipinski definition) is 3. The Morgan fingerprint density at radius 3 is 2.50 bits per heavy atom. The molecule has 114 valence electrons. The Hall–Kier alpha value is -1.87. The van der Waals surface area contributed by atoms with Gasteiger partial charge in [0.1, 0.15) is 5.75 Å². The van der Waals surface area contributed by atoms with E-state index in [0.29, 0.717) is 10.7 Å². The Kier molecular flexibility index (Phi) is 5.96. The molecule has 0 atom stereocenters. The van der Waals surface area contributed by atoms with Crippen LogP contribution in [-0.4, -0.2) is 18.1 Å². The molecule has 0 radical (unpaired) electrons. The Labute approximate surface area is 147 Å². The molecule has 0 aliphatic carbocycles. The number of anilines is 1. The molecular formula is C15H14IN3O2S. The SMILES string of the molecule is COc1ccc(C(=O)NNC(=S)Nc2ccccc2)cc1I. The molecule has 0 aromatic heterocycles. The Balaban J connectivity index is 1.89. The molecule has 0 aliphatic rings. The predicted octanol–water partition coefficient (Wildman–Crippen LogP) is 2.93. The number of carbonyl (C=O) groups is 1. The highest BCUT2D eigenvalue weighted by molar-refractivity contribution is 14.1. The lowest BCUT2D eigenvalue weighted by Crippen LogP contribution is -2.43. The molecule has 2 rings (SSSR count). The third-order valence-corrected chi connectivity index (χ3v) is 3.78. The standard InChI is InChI=1S/C15H14IN3O2S/c1-21-13-8-7-10(9-12(13)16)14(20)18-19-15(22)17-11-5-3-2-4-6-11/h2-9H,1H3,(H,18,20)(H2,17,19,22). The first kappa shape index (κ1) is 16.5. The van der Waals surface area contributed by atoms with Crippen LogP contribution in [0.3, 0.4) is 0 Å². The van der Waals surface area contributed by atoms with E-state index in [0.717, 1.165) is 15.0 Å². The van der Waals surface area contributed by atoms with E-state index in [4.69, 9.17) is 17.0 Å². The molecule has 0 bridgehead atoms. The van der Waals surface area contributed by atoms with Gasteiger partial charge in [0, 0.05) is 11.3 Å². The summed E-state index contributed by atoms with van der Waals surface area (Å²) in [5.41, 5.74) is 6.57. The van der Waals surface area contributed by atoms with Crippen LogP contribution in [0.4, 0.5) is 5.69 Å². The molecule has 0 aliphatic heterocycles. The van der Waals surface area contributed by atoms with E-state index in [1.807, 2.05) is 30.3 Å². The zero-order valence-electron chi connectivity index (χ0n) is 11.7. The van der Waals surface area contributed by atoms with E-state index in [1.54, 1.807) is 25.3 Å². The molecule has 2 aromatic carbocycles. The molecule has 22 heavy (non-hydrogen) atoms. The van der Waals surface area contributed by atoms with Gasteiger partial charge in [-0.15, -0.1) is 0 Å². The van der Waals surface area contributed by atoms with Crippen LogP contribution >= 0.6 is 34.8 Å². The number of rotatable bonds is 3. The second-order valence-corrected chi connectivity index (χ2v) is 5.82. The van der Waals surface area contributed by atoms with Gasteiger partial charge in [0.2, 0.25) is 0 Å². The van der Waals surface area contributed by atoms with Gasteiger partial charge in [-0.3, -0.25) is 15.6 Å². The Bertz CT molecular complexity index is 680. The second-order valence-electron chi connectivity index (χ2n) is 4.25. The first-order valence-corrected chi connectivity index (χ1v) is 7.85. The molecule has 0 heterocycles. The zero-order valence-corrected chi connectivity index (χ0v) is 14.7. The van der Waals surface area contributed by atoms with Crippen molar-refractivity contribution in [2.75, 3.05) is 12.4 Å². The Morgan fingerprint density at radius 2 is 1.86 bits per heavy atom. The topological polar surface area (TPSA) is 62.4 Å². The van der Waals surface area contributed by atoms with Crippen LogP contribution in [0.25, 0.3) is 0 Å². The summed E-state index contributed by atoms with van der Waals surface area (Å²) < 4.78 is 6.02. The van der Waals surface area contributed by atoms with Gasteiger partial charge in [-0.05, 0) is 65.1 Å². The normalized spacial score (nSPS) is 9.73. The summed E-state index contributed by atoms with van der Waals surface area (Å²) in [6.07, 6.45) is 0. The molecule has 5 nitrogen and oxygen atoms in total. The molecule has 1 amide bonds. The van der Waals surface area contributed by atoms with Gasteiger partial charge < -0.3 is 10.1 Å². The number of benzene rings is 2. The van der Waals surface area contributed by atoms with Crippen molar-refractivity contribution in [2.45, 2.75) is 0 Å². The quantitative estimate of drug-likeness (QED) is 0.400. The van der Waals surface area contributed by atoms with Crippen LogP contribution in [0.5, 0.6) is 5.75 Å². The number of halogens is 1. The van der Waals surface area contributed by atoms with Crippen LogP contribution in [-0.2, 0) is 0 Å². The van der Waals surface area contributed by atoms with Gasteiger partial charge in [0.15, 0.2) is 5.11 Å². The Morgan fingerprint density at radius 1 is 1.14 bits per heavy atom. The maximum Gasteiger partial charge on any atom is 0.269 e. The van der Waals surface area contributed by atoms with E-state index >= 15 is 0 Å². The van der Waals surface area contributed by atoms with Gasteiger partial charge >= 0.3 is 0 Å². The number of ether oxygens (including phenoxy) is 1. The highest BCUT2D eigenvalue weighted by Gasteiger charge is 2.09. The van der Waals surface area contributed by atoms with Crippen molar-refractivity contribution in [3.63, 3.8) is 0 Å². The van der Waals surface area contributed by atoms with E-state index in [-0.39, 0.29) is 5.91 Å². The number of carbonyl (C=O) groups excluding carboxylic acids is 1. The summed E-state index contributed by atoms with van der Waals surface area (Å²) in [5.74, 6) is 0.448. The maximum absolute atomic E-state index is 12.0. The minimum atomic E-state index is -0.280. The number of hydrogen-bond acceptors (Lipinski definition) is 3. The lowest BCUT2D eigenvalue weighted by atomic mass is 10.2. The lowest BCUT2D eigenvalue weighted by Gasteiger charge is -2.12. The van der Waals surface area contributed by atoms with Gasteiger partial charge in [-0.1, -0.05) is 18.2 Å². The molecule has 2 aromatic rings. The fraction of sp³-hybridized carbons (Fsp3) is 0.0667. The predicted molar refractivity (Wildman–Crippen MR) is 99.0 cm³/mol. The van der Waals surface area contributed by atoms with Gasteiger partial charge in [-0.2, -0.15) is 0 Å². The van der Waals surface area contributed by atoms with Crippen LogP contribution in [0, 0.1) is 3.57 Å². The van der Waals surface area contributed by atoms with Gasteiger partial charge in [0.25, 0.3) is 5.91 Å². The molecular weight excluding hydrogens is 413 g/mol. The first-order valence-electron chi connectivity index (χ1n) is 6.36. The van der Waals surface area contributed by atoms with Crippen molar-refractivity contribution >= 4 is 51.5 Å². The second kappa shape index (κ2) is 7.95. The largest absolute Gasteiger partial charge is 0.496 e. The summed E-state index contributed by atoms with van der Waals surface area (Å²) in [6.45, 7) is 0. The summed E-state index contributed by atoms with van der Waals surface area (Å²) in [4.78, 5) is 12.0. The van der Waals surface area contributed by atoms with Crippen molar-refractivity contribution in [3.8, 4) is 5.75 Å². The summed E-state index contributed by atoms with van der Waals surface area (Å²) in [7, 11) is 1.59. The van der Waals surface area contributed by atoms with Crippen LogP contribution in [0.2, 0.25) is 0 Å². The fourth-order valence-corrected chi connectivity index (χ4v) is 2.58. The average Bonchev–Trinajstić information content (AvgIpc) is 2.53. The summed E-state index contributed by atoms with van der Waals surface area (Å²) in [5, 5.41) is 3.27. The maximum atomic E-state index is 12.0. The third kappa shape index (κ3) is 4.57. The number of hydrazine groups is 1. The van der Waals surface area contributed by atoms with Crippen molar-refractivity contribution in [2.24, 2.45) is 0 Å². The number of nitrogens with one attached hydrogen (secondary N) is 3. The molecule has 0 saturated heterocycles. The number of para-hydroxylation sites is 1. The molecule has 3 N–H and O–H groups in total. The third-order valence-electron chi connectivity index (χ3n) is 2.74. The zero-order chi connectivity index (χ0) is 15.9. The van der Waals surface area contributed by atoms with Crippen molar-refractivity contribution in [1.29, 1.82) is 0 Å². The van der Waals surface area contributed by atoms with Crippen LogP contribution in [0.1, 0.15) is 10.4 Å². The number of amides is 1. The molecule has 0 saturated carbocycles. The average molecular weight is 427 g/mol. The number of methoxy groups -OCH3 is 1. The number of thiocarbonyl (C=S) groups is 1. The van der Waals surface area contributed by atoms with Crippen molar-refractivity contribution in [1.82, 2.24) is 10.9 Å². The fourth-order valence-electron chi connectivity index (χ4n) is 1.68. The minimum Gasteiger partial charge on any atom is -0.496 e. The first-order chi connectivity index (χ1) is 10.6.